The molecule has 0 aromatic rings. The Morgan fingerprint density at radius 2 is 2.11 bits per heavy atom. The molecule has 0 N–H and O–H groups in total. The molecule has 0 spiro atoms. The monoisotopic (exact) mass is 132 g/mol. The zero-order valence-electron chi connectivity index (χ0n) is 4.05. The van der Waals surface area contributed by atoms with Crippen molar-refractivity contribution in [2.75, 3.05) is 0 Å². The number of carboxylic acid groups (broad SMARTS) is 1. The Balaban J connectivity index is 0. The van der Waals surface area contributed by atoms with Crippen molar-refractivity contribution in [1.82, 2.24) is 0 Å². The molecule has 0 atom stereocenters. The fourth-order valence-electron chi connectivity index (χ4n) is 0.190. The maximum absolute atomic E-state index is 9.58. The lowest BCUT2D eigenvalue weighted by molar-refractivity contribution is -0.672. The van der Waals surface area contributed by atoms with Crippen molar-refractivity contribution in [2.45, 2.75) is 13.8 Å². The zero-order valence-corrected chi connectivity index (χ0v) is 4.05. The number of aliphatic carboxylic acids is 1. The Morgan fingerprint density at radius 1 is 1.67 bits per heavy atom. The van der Waals surface area contributed by atoms with Crippen LogP contribution in [0.4, 0.5) is 0 Å². The van der Waals surface area contributed by atoms with Crippen LogP contribution in [0.25, 0.3) is 0 Å². The van der Waals surface area contributed by atoms with Crippen LogP contribution >= 0.6 is 0 Å². The van der Waals surface area contributed by atoms with E-state index in [0.29, 0.717) is 0 Å². The lowest BCUT2D eigenvalue weighted by Crippen LogP contribution is -2.23. The smallest absolute Gasteiger partial charge is 0.0855 e. The van der Waals surface area contributed by atoms with Gasteiger partial charge in [-0.2, -0.15) is 0 Å². The number of carbonyl (C=O) groups is 1. The Morgan fingerprint density at radius 3 is 2.22 bits per heavy atom. The van der Waals surface area contributed by atoms with Crippen molar-refractivity contribution < 1.29 is 20.0 Å². The molecular formula is C5H8O4-2. The first-order chi connectivity index (χ1) is 3.66. The molecule has 4 nitrogen and oxygen atoms in total. The standard InChI is InChI=1S/C4H6O4.CH4/c1-3(8-7)2-4(5)6;/h7H,1-2H2,(H,5,6);1H4/p-2. The van der Waals surface area contributed by atoms with Gasteiger partial charge in [0.25, 0.3) is 0 Å². The Kier molecular flexibility index (Phi) is 6.17. The quantitative estimate of drug-likeness (QED) is 0.268. The molecule has 0 aromatic heterocycles. The zero-order chi connectivity index (χ0) is 6.57. The molecule has 0 rings (SSSR count). The van der Waals surface area contributed by atoms with E-state index in [9.17, 15) is 15.2 Å². The van der Waals surface area contributed by atoms with Gasteiger partial charge in [-0.25, -0.2) is 0 Å². The van der Waals surface area contributed by atoms with Crippen molar-refractivity contribution in [3.8, 4) is 0 Å². The first kappa shape index (κ1) is 10.9. The van der Waals surface area contributed by atoms with Crippen LogP contribution in [-0.4, -0.2) is 5.97 Å². The molecule has 0 aliphatic rings. The lowest BCUT2D eigenvalue weighted by atomic mass is 10.4. The van der Waals surface area contributed by atoms with Gasteiger partial charge in [0.15, 0.2) is 0 Å². The molecule has 0 aromatic carbocycles. The summed E-state index contributed by atoms with van der Waals surface area (Å²) >= 11 is 0. The Labute approximate surface area is 53.3 Å². The molecule has 0 bridgehead atoms. The lowest BCUT2D eigenvalue weighted by Gasteiger charge is -2.10. The highest BCUT2D eigenvalue weighted by atomic mass is 17.1. The van der Waals surface area contributed by atoms with Crippen LogP contribution in [0.5, 0.6) is 0 Å². The molecule has 0 saturated carbocycles. The molecule has 0 aliphatic carbocycles. The first-order valence-corrected chi connectivity index (χ1v) is 1.84. The fourth-order valence-corrected chi connectivity index (χ4v) is 0.190. The summed E-state index contributed by atoms with van der Waals surface area (Å²) in [6, 6.07) is 0. The molecular weight excluding hydrogens is 124 g/mol. The normalized spacial score (nSPS) is 7.22. The van der Waals surface area contributed by atoms with Crippen LogP contribution in [0.3, 0.4) is 0 Å². The van der Waals surface area contributed by atoms with E-state index in [-0.39, 0.29) is 13.2 Å². The summed E-state index contributed by atoms with van der Waals surface area (Å²) in [5, 5.41) is 18.9. The molecule has 0 amide bonds. The van der Waals surface area contributed by atoms with E-state index in [1.54, 1.807) is 0 Å². The molecule has 0 aliphatic heterocycles. The number of carboxylic acids is 1. The van der Waals surface area contributed by atoms with Gasteiger partial charge in [-0.05, 0) is 0 Å². The van der Waals surface area contributed by atoms with Crippen LogP contribution in [0.1, 0.15) is 13.8 Å². The van der Waals surface area contributed by atoms with Crippen molar-refractivity contribution >= 4 is 5.97 Å². The summed E-state index contributed by atoms with van der Waals surface area (Å²) in [6.07, 6.45) is -0.538. The van der Waals surface area contributed by atoms with Gasteiger partial charge in [0.1, 0.15) is 0 Å². The van der Waals surface area contributed by atoms with Gasteiger partial charge in [-0.15, -0.1) is 0 Å². The minimum absolute atomic E-state index is 0. The second-order valence-corrected chi connectivity index (χ2v) is 1.17. The van der Waals surface area contributed by atoms with E-state index in [1.807, 2.05) is 0 Å². The highest BCUT2D eigenvalue weighted by Crippen LogP contribution is 1.91. The van der Waals surface area contributed by atoms with Crippen molar-refractivity contribution in [2.24, 2.45) is 0 Å². The van der Waals surface area contributed by atoms with Crippen LogP contribution in [0.2, 0.25) is 0 Å². The molecule has 4 heteroatoms. The van der Waals surface area contributed by atoms with E-state index < -0.39 is 12.4 Å². The van der Waals surface area contributed by atoms with Gasteiger partial charge in [0, 0.05) is 12.4 Å². The number of hydrogen-bond acceptors (Lipinski definition) is 4. The Hall–Kier alpha value is -1.03. The number of rotatable bonds is 3. The van der Waals surface area contributed by atoms with Gasteiger partial charge >= 0.3 is 0 Å². The van der Waals surface area contributed by atoms with Gasteiger partial charge in [0.2, 0.25) is 0 Å². The summed E-state index contributed by atoms with van der Waals surface area (Å²) in [4.78, 5) is 12.8. The number of carbonyl (C=O) groups excluding carboxylic acids is 1. The summed E-state index contributed by atoms with van der Waals surface area (Å²) in [7, 11) is 0. The van der Waals surface area contributed by atoms with E-state index in [1.165, 1.54) is 0 Å². The van der Waals surface area contributed by atoms with Gasteiger partial charge in [-0.1, -0.05) is 14.0 Å². The van der Waals surface area contributed by atoms with Crippen molar-refractivity contribution in [3.05, 3.63) is 12.3 Å². The maximum Gasteiger partial charge on any atom is 0.0855 e. The minimum atomic E-state index is -1.37. The van der Waals surface area contributed by atoms with Gasteiger partial charge < -0.3 is 20.0 Å². The largest absolute Gasteiger partial charge is 0.664 e. The molecule has 0 fully saturated rings. The van der Waals surface area contributed by atoms with Crippen LogP contribution in [0.15, 0.2) is 12.3 Å². The van der Waals surface area contributed by atoms with Crippen molar-refractivity contribution in [1.29, 1.82) is 0 Å². The molecule has 0 heterocycles. The third-order valence-corrected chi connectivity index (χ3v) is 0.459. The van der Waals surface area contributed by atoms with Crippen molar-refractivity contribution in [3.63, 3.8) is 0 Å². The predicted octanol–water partition coefficient (Wildman–Crippen LogP) is -1.43. The van der Waals surface area contributed by atoms with Gasteiger partial charge in [-0.3, -0.25) is 0 Å². The topological polar surface area (TPSA) is 72.4 Å². The highest BCUT2D eigenvalue weighted by Gasteiger charge is 1.87. The maximum atomic E-state index is 9.58. The molecule has 9 heavy (non-hydrogen) atoms. The van der Waals surface area contributed by atoms with Crippen LogP contribution in [-0.2, 0) is 9.68 Å². The third kappa shape index (κ3) is 6.97. The first-order valence-electron chi connectivity index (χ1n) is 1.84. The van der Waals surface area contributed by atoms with Crippen LogP contribution in [0, 0.1) is 0 Å². The summed E-state index contributed by atoms with van der Waals surface area (Å²) in [5.74, 6) is -1.71. The highest BCUT2D eigenvalue weighted by molar-refractivity contribution is 5.66. The molecule has 0 unspecified atom stereocenters. The fraction of sp³-hybridized carbons (Fsp3) is 0.400. The summed E-state index contributed by atoms with van der Waals surface area (Å²) in [6.45, 7) is 2.96. The molecule has 0 saturated heterocycles. The SMILES string of the molecule is C.C=C(CC(=O)[O-])O[O-]. The average Bonchev–Trinajstić information content (AvgIpc) is 1.65. The van der Waals surface area contributed by atoms with E-state index in [2.05, 4.69) is 11.5 Å². The average molecular weight is 132 g/mol. The third-order valence-electron chi connectivity index (χ3n) is 0.459. The van der Waals surface area contributed by atoms with E-state index >= 15 is 0 Å². The predicted molar refractivity (Wildman–Crippen MR) is 26.6 cm³/mol. The van der Waals surface area contributed by atoms with E-state index in [0.717, 1.165) is 0 Å². The summed E-state index contributed by atoms with van der Waals surface area (Å²) in [5.41, 5.74) is 0. The van der Waals surface area contributed by atoms with E-state index in [4.69, 9.17) is 0 Å². The molecule has 0 radical (unpaired) electrons. The minimum Gasteiger partial charge on any atom is -0.664 e. The Bertz CT molecular complexity index is 108. The number of hydrogen-bond donors (Lipinski definition) is 0. The summed E-state index contributed by atoms with van der Waals surface area (Å²) < 4.78 is 0. The van der Waals surface area contributed by atoms with Crippen LogP contribution < -0.4 is 10.4 Å². The van der Waals surface area contributed by atoms with Gasteiger partial charge in [0.05, 0.1) is 5.76 Å². The second-order valence-electron chi connectivity index (χ2n) is 1.17. The molecule has 54 valence electrons. The second kappa shape index (κ2) is 5.11.